The summed E-state index contributed by atoms with van der Waals surface area (Å²) in [6.45, 7) is 5.68. The van der Waals surface area contributed by atoms with E-state index in [0.29, 0.717) is 36.5 Å². The Kier molecular flexibility index (Phi) is 6.90. The Balaban J connectivity index is 1.74. The number of fused-ring (bicyclic) bond motifs is 1. The number of anilines is 1. The smallest absolute Gasteiger partial charge is 0.267 e. The van der Waals surface area contributed by atoms with E-state index in [2.05, 4.69) is 10.3 Å². The summed E-state index contributed by atoms with van der Waals surface area (Å²) in [7, 11) is 0. The fraction of sp³-hybridized carbons (Fsp3) is 0.333. The number of aromatic nitrogens is 2. The Morgan fingerprint density at radius 2 is 1.96 bits per heavy atom. The summed E-state index contributed by atoms with van der Waals surface area (Å²) in [5, 5.41) is 3.35. The molecule has 0 fully saturated rings. The van der Waals surface area contributed by atoms with E-state index in [9.17, 15) is 4.79 Å². The van der Waals surface area contributed by atoms with Gasteiger partial charge in [0.1, 0.15) is 5.75 Å². The van der Waals surface area contributed by atoms with Crippen LogP contribution >= 0.6 is 11.6 Å². The van der Waals surface area contributed by atoms with Gasteiger partial charge in [-0.05, 0) is 44.5 Å². The number of rotatable bonds is 9. The number of amides is 1. The standard InChI is InChI=1S/C21H24ClN3O3/c1-3-27-14-8-13-25-18-11-6-5-10-17(18)23-21(25)24-20(26)15(2)28-19-12-7-4-9-16(19)22/h4-7,9-12,15H,3,8,13-14H2,1-2H3,(H,23,24,26). The van der Waals surface area contributed by atoms with Gasteiger partial charge in [-0.3, -0.25) is 10.1 Å². The van der Waals surface area contributed by atoms with Crippen LogP contribution < -0.4 is 10.1 Å². The van der Waals surface area contributed by atoms with Crippen molar-refractivity contribution < 1.29 is 14.3 Å². The van der Waals surface area contributed by atoms with Crippen molar-refractivity contribution in [1.29, 1.82) is 0 Å². The quantitative estimate of drug-likeness (QED) is 0.535. The summed E-state index contributed by atoms with van der Waals surface area (Å²) >= 11 is 6.11. The van der Waals surface area contributed by atoms with E-state index in [4.69, 9.17) is 21.1 Å². The van der Waals surface area contributed by atoms with E-state index in [1.54, 1.807) is 19.1 Å². The van der Waals surface area contributed by atoms with Crippen molar-refractivity contribution in [3.05, 3.63) is 53.6 Å². The fourth-order valence-electron chi connectivity index (χ4n) is 2.86. The van der Waals surface area contributed by atoms with Crippen LogP contribution in [-0.4, -0.2) is 34.8 Å². The van der Waals surface area contributed by atoms with Crippen molar-refractivity contribution in [3.8, 4) is 5.75 Å². The summed E-state index contributed by atoms with van der Waals surface area (Å²) < 4.78 is 13.1. The number of nitrogens with zero attached hydrogens (tertiary/aromatic N) is 2. The zero-order chi connectivity index (χ0) is 19.9. The third kappa shape index (κ3) is 4.82. The number of ether oxygens (including phenoxy) is 2. The van der Waals surface area contributed by atoms with Gasteiger partial charge in [-0.15, -0.1) is 0 Å². The first kappa shape index (κ1) is 20.2. The number of nitrogens with one attached hydrogen (secondary N) is 1. The highest BCUT2D eigenvalue weighted by molar-refractivity contribution is 6.32. The van der Waals surface area contributed by atoms with E-state index in [1.807, 2.05) is 47.9 Å². The minimum Gasteiger partial charge on any atom is -0.479 e. The van der Waals surface area contributed by atoms with E-state index in [-0.39, 0.29) is 5.91 Å². The molecule has 1 aromatic heterocycles. The molecule has 2 aromatic carbocycles. The Hall–Kier alpha value is -2.57. The van der Waals surface area contributed by atoms with Crippen LogP contribution in [0, 0.1) is 0 Å². The van der Waals surface area contributed by atoms with Crippen LogP contribution in [0.2, 0.25) is 5.02 Å². The molecule has 28 heavy (non-hydrogen) atoms. The van der Waals surface area contributed by atoms with E-state index in [1.165, 1.54) is 0 Å². The van der Waals surface area contributed by atoms with Gasteiger partial charge < -0.3 is 14.0 Å². The highest BCUT2D eigenvalue weighted by Crippen LogP contribution is 2.25. The average Bonchev–Trinajstić information content (AvgIpc) is 3.04. The predicted octanol–water partition coefficient (Wildman–Crippen LogP) is 4.52. The maximum atomic E-state index is 12.7. The largest absolute Gasteiger partial charge is 0.479 e. The lowest BCUT2D eigenvalue weighted by molar-refractivity contribution is -0.122. The van der Waals surface area contributed by atoms with Crippen LogP contribution in [0.4, 0.5) is 5.95 Å². The number of hydrogen-bond acceptors (Lipinski definition) is 4. The minimum atomic E-state index is -0.725. The molecule has 0 radical (unpaired) electrons. The van der Waals surface area contributed by atoms with Gasteiger partial charge >= 0.3 is 0 Å². The van der Waals surface area contributed by atoms with Crippen LogP contribution in [0.25, 0.3) is 11.0 Å². The molecule has 0 bridgehead atoms. The topological polar surface area (TPSA) is 65.4 Å². The van der Waals surface area contributed by atoms with Crippen LogP contribution in [0.1, 0.15) is 20.3 Å². The molecule has 3 aromatic rings. The molecule has 0 saturated heterocycles. The zero-order valence-corrected chi connectivity index (χ0v) is 16.8. The molecule has 0 aliphatic rings. The van der Waals surface area contributed by atoms with Crippen LogP contribution in [-0.2, 0) is 16.1 Å². The minimum absolute atomic E-state index is 0.290. The van der Waals surface area contributed by atoms with E-state index >= 15 is 0 Å². The molecular formula is C21H24ClN3O3. The lowest BCUT2D eigenvalue weighted by Gasteiger charge is -2.16. The normalized spacial score (nSPS) is 12.1. The Bertz CT molecular complexity index is 942. The van der Waals surface area contributed by atoms with Crippen molar-refractivity contribution in [2.75, 3.05) is 18.5 Å². The second kappa shape index (κ2) is 9.57. The number of imidazole rings is 1. The first-order chi connectivity index (χ1) is 13.6. The first-order valence-corrected chi connectivity index (χ1v) is 9.73. The van der Waals surface area contributed by atoms with Crippen LogP contribution in [0.5, 0.6) is 5.75 Å². The summed E-state index contributed by atoms with van der Waals surface area (Å²) in [4.78, 5) is 17.2. The molecule has 1 heterocycles. The van der Waals surface area contributed by atoms with Crippen molar-refractivity contribution in [2.45, 2.75) is 32.9 Å². The molecule has 0 aliphatic carbocycles. The van der Waals surface area contributed by atoms with Gasteiger partial charge in [0.2, 0.25) is 5.95 Å². The second-order valence-electron chi connectivity index (χ2n) is 6.31. The lowest BCUT2D eigenvalue weighted by atomic mass is 10.3. The molecule has 7 heteroatoms. The van der Waals surface area contributed by atoms with Crippen molar-refractivity contribution >= 4 is 34.5 Å². The number of hydrogen-bond donors (Lipinski definition) is 1. The van der Waals surface area contributed by atoms with Crippen molar-refractivity contribution in [3.63, 3.8) is 0 Å². The summed E-state index contributed by atoms with van der Waals surface area (Å²) in [6, 6.07) is 14.9. The molecule has 1 N–H and O–H groups in total. The Morgan fingerprint density at radius 1 is 1.21 bits per heavy atom. The highest BCUT2D eigenvalue weighted by atomic mass is 35.5. The Labute approximate surface area is 169 Å². The van der Waals surface area contributed by atoms with Gasteiger partial charge in [0.25, 0.3) is 5.91 Å². The monoisotopic (exact) mass is 401 g/mol. The number of carbonyl (C=O) groups excluding carboxylic acids is 1. The molecule has 148 valence electrons. The first-order valence-electron chi connectivity index (χ1n) is 9.35. The number of carbonyl (C=O) groups is 1. The predicted molar refractivity (Wildman–Crippen MR) is 111 cm³/mol. The van der Waals surface area contributed by atoms with Gasteiger partial charge in [0.05, 0.1) is 16.1 Å². The number of aryl methyl sites for hydroxylation is 1. The third-order valence-corrected chi connectivity index (χ3v) is 4.59. The molecular weight excluding hydrogens is 378 g/mol. The van der Waals surface area contributed by atoms with Gasteiger partial charge in [-0.2, -0.15) is 0 Å². The lowest BCUT2D eigenvalue weighted by Crippen LogP contribution is -2.31. The number of halogens is 1. The van der Waals surface area contributed by atoms with Gasteiger partial charge in [-0.25, -0.2) is 4.98 Å². The molecule has 3 rings (SSSR count). The molecule has 1 amide bonds. The molecule has 0 aliphatic heterocycles. The molecule has 6 nitrogen and oxygen atoms in total. The van der Waals surface area contributed by atoms with E-state index < -0.39 is 6.10 Å². The highest BCUT2D eigenvalue weighted by Gasteiger charge is 2.19. The fourth-order valence-corrected chi connectivity index (χ4v) is 3.04. The maximum Gasteiger partial charge on any atom is 0.267 e. The number of benzene rings is 2. The number of para-hydroxylation sites is 3. The van der Waals surface area contributed by atoms with Gasteiger partial charge in [-0.1, -0.05) is 35.9 Å². The summed E-state index contributed by atoms with van der Waals surface area (Å²) in [5.74, 6) is 0.677. The van der Waals surface area contributed by atoms with Gasteiger partial charge in [0.15, 0.2) is 6.10 Å². The van der Waals surface area contributed by atoms with Crippen LogP contribution in [0.3, 0.4) is 0 Å². The van der Waals surface area contributed by atoms with Crippen LogP contribution in [0.15, 0.2) is 48.5 Å². The molecule has 0 saturated carbocycles. The van der Waals surface area contributed by atoms with E-state index in [0.717, 1.165) is 17.5 Å². The summed E-state index contributed by atoms with van der Waals surface area (Å²) in [6.07, 6.45) is 0.0968. The maximum absolute atomic E-state index is 12.7. The average molecular weight is 402 g/mol. The Morgan fingerprint density at radius 3 is 2.75 bits per heavy atom. The zero-order valence-electron chi connectivity index (χ0n) is 16.0. The molecule has 0 spiro atoms. The molecule has 1 atom stereocenters. The third-order valence-electron chi connectivity index (χ3n) is 4.27. The van der Waals surface area contributed by atoms with Crippen molar-refractivity contribution in [1.82, 2.24) is 9.55 Å². The SMILES string of the molecule is CCOCCCn1c(NC(=O)C(C)Oc2ccccc2Cl)nc2ccccc21. The van der Waals surface area contributed by atoms with Gasteiger partial charge in [0, 0.05) is 19.8 Å². The van der Waals surface area contributed by atoms with Crippen molar-refractivity contribution in [2.24, 2.45) is 0 Å². The molecule has 1 unspecified atom stereocenters. The second-order valence-corrected chi connectivity index (χ2v) is 6.71. The summed E-state index contributed by atoms with van der Waals surface area (Å²) in [5.41, 5.74) is 1.79.